The summed E-state index contributed by atoms with van der Waals surface area (Å²) in [5, 5.41) is 0. The second kappa shape index (κ2) is 5.59. The molecule has 1 atom stereocenters. The molecule has 5 heteroatoms. The van der Waals surface area contributed by atoms with E-state index in [0.29, 0.717) is 6.42 Å². The maximum Gasteiger partial charge on any atom is 0.267 e. The highest BCUT2D eigenvalue weighted by molar-refractivity contribution is 7.90. The lowest BCUT2D eigenvalue weighted by atomic mass is 10.1. The van der Waals surface area contributed by atoms with E-state index in [9.17, 15) is 8.42 Å². The minimum Gasteiger partial charge on any atom is -0.327 e. The molecule has 0 saturated carbocycles. The van der Waals surface area contributed by atoms with Crippen LogP contribution in [0.2, 0.25) is 0 Å². The van der Waals surface area contributed by atoms with Crippen LogP contribution >= 0.6 is 0 Å². The predicted molar refractivity (Wildman–Crippen MR) is 75.4 cm³/mol. The van der Waals surface area contributed by atoms with Crippen LogP contribution in [0.5, 0.6) is 0 Å². The molecule has 1 aromatic heterocycles. The first-order chi connectivity index (χ1) is 9.05. The number of aromatic nitrogens is 1. The molecule has 0 spiro atoms. The van der Waals surface area contributed by atoms with Crippen molar-refractivity contribution >= 4 is 10.0 Å². The normalized spacial score (nSPS) is 13.4. The SMILES string of the molecule is CCC(N)Cc1cccn1S(=O)(=O)c1ccccc1. The number of hydrogen-bond donors (Lipinski definition) is 1. The van der Waals surface area contributed by atoms with Gasteiger partial charge in [-0.2, -0.15) is 0 Å². The van der Waals surface area contributed by atoms with Crippen molar-refractivity contribution in [1.29, 1.82) is 0 Å². The number of rotatable bonds is 5. The largest absolute Gasteiger partial charge is 0.327 e. The van der Waals surface area contributed by atoms with Crippen LogP contribution in [-0.2, 0) is 16.4 Å². The van der Waals surface area contributed by atoms with Gasteiger partial charge < -0.3 is 5.73 Å². The second-order valence-electron chi connectivity index (χ2n) is 4.49. The Morgan fingerprint density at radius 3 is 2.47 bits per heavy atom. The molecule has 0 radical (unpaired) electrons. The summed E-state index contributed by atoms with van der Waals surface area (Å²) in [6, 6.07) is 11.9. The third-order valence-corrected chi connectivity index (χ3v) is 4.83. The van der Waals surface area contributed by atoms with Gasteiger partial charge in [0.1, 0.15) is 0 Å². The Labute approximate surface area is 113 Å². The van der Waals surface area contributed by atoms with Crippen LogP contribution in [0.4, 0.5) is 0 Å². The summed E-state index contributed by atoms with van der Waals surface area (Å²) in [6.07, 6.45) is 2.94. The molecule has 4 nitrogen and oxygen atoms in total. The van der Waals surface area contributed by atoms with E-state index >= 15 is 0 Å². The van der Waals surface area contributed by atoms with Crippen LogP contribution in [0.3, 0.4) is 0 Å². The minimum atomic E-state index is -3.52. The van der Waals surface area contributed by atoms with Crippen molar-refractivity contribution in [3.63, 3.8) is 0 Å². The zero-order valence-corrected chi connectivity index (χ0v) is 11.7. The monoisotopic (exact) mass is 278 g/mol. The Hall–Kier alpha value is -1.59. The van der Waals surface area contributed by atoms with Crippen LogP contribution in [0.1, 0.15) is 19.0 Å². The molecule has 1 unspecified atom stereocenters. The Balaban J connectivity index is 2.40. The molecule has 0 saturated heterocycles. The molecular weight excluding hydrogens is 260 g/mol. The molecule has 2 N–H and O–H groups in total. The van der Waals surface area contributed by atoms with Gasteiger partial charge in [0.15, 0.2) is 0 Å². The summed E-state index contributed by atoms with van der Waals surface area (Å²) in [5.41, 5.74) is 6.63. The Kier molecular flexibility index (Phi) is 4.07. The quantitative estimate of drug-likeness (QED) is 0.909. The molecular formula is C14H18N2O2S. The molecule has 1 heterocycles. The number of nitrogens with zero attached hydrogens (tertiary/aromatic N) is 1. The third-order valence-electron chi connectivity index (χ3n) is 3.09. The lowest BCUT2D eigenvalue weighted by molar-refractivity contribution is 0.579. The van der Waals surface area contributed by atoms with Gasteiger partial charge in [0.25, 0.3) is 10.0 Å². The zero-order chi connectivity index (χ0) is 13.9. The van der Waals surface area contributed by atoms with Crippen molar-refractivity contribution in [1.82, 2.24) is 3.97 Å². The average Bonchev–Trinajstić information content (AvgIpc) is 2.88. The van der Waals surface area contributed by atoms with E-state index in [-0.39, 0.29) is 10.9 Å². The summed E-state index contributed by atoms with van der Waals surface area (Å²) in [4.78, 5) is 0.289. The van der Waals surface area contributed by atoms with Gasteiger partial charge in [-0.15, -0.1) is 0 Å². The Morgan fingerprint density at radius 2 is 1.84 bits per heavy atom. The smallest absolute Gasteiger partial charge is 0.267 e. The van der Waals surface area contributed by atoms with Crippen molar-refractivity contribution in [3.8, 4) is 0 Å². The predicted octanol–water partition coefficient (Wildman–Crippen LogP) is 2.00. The molecule has 2 aromatic rings. The van der Waals surface area contributed by atoms with Gasteiger partial charge in [0, 0.05) is 24.4 Å². The van der Waals surface area contributed by atoms with Crippen molar-refractivity contribution in [2.24, 2.45) is 5.73 Å². The highest BCUT2D eigenvalue weighted by atomic mass is 32.2. The van der Waals surface area contributed by atoms with Gasteiger partial charge in [0.2, 0.25) is 0 Å². The molecule has 0 aliphatic rings. The topological polar surface area (TPSA) is 65.1 Å². The summed E-state index contributed by atoms with van der Waals surface area (Å²) < 4.78 is 26.3. The fraction of sp³-hybridized carbons (Fsp3) is 0.286. The summed E-state index contributed by atoms with van der Waals surface area (Å²) in [5.74, 6) is 0. The van der Waals surface area contributed by atoms with Gasteiger partial charge in [-0.05, 0) is 30.7 Å². The summed E-state index contributed by atoms with van der Waals surface area (Å²) in [7, 11) is -3.52. The summed E-state index contributed by atoms with van der Waals surface area (Å²) in [6.45, 7) is 1.99. The molecule has 0 aliphatic carbocycles. The van der Waals surface area contributed by atoms with Gasteiger partial charge >= 0.3 is 0 Å². The Morgan fingerprint density at radius 1 is 1.16 bits per heavy atom. The maximum absolute atomic E-state index is 12.5. The van der Waals surface area contributed by atoms with E-state index < -0.39 is 10.0 Å². The molecule has 0 fully saturated rings. The lowest BCUT2D eigenvalue weighted by Gasteiger charge is -2.13. The fourth-order valence-corrected chi connectivity index (χ4v) is 3.32. The van der Waals surface area contributed by atoms with Gasteiger partial charge in [0.05, 0.1) is 4.90 Å². The molecule has 0 bridgehead atoms. The fourth-order valence-electron chi connectivity index (χ4n) is 1.91. The van der Waals surface area contributed by atoms with E-state index in [1.807, 2.05) is 6.92 Å². The van der Waals surface area contributed by atoms with Crippen LogP contribution in [0.25, 0.3) is 0 Å². The third kappa shape index (κ3) is 2.88. The van der Waals surface area contributed by atoms with E-state index in [1.165, 1.54) is 3.97 Å². The highest BCUT2D eigenvalue weighted by Gasteiger charge is 2.19. The molecule has 102 valence electrons. The van der Waals surface area contributed by atoms with Crippen LogP contribution in [0, 0.1) is 0 Å². The molecule has 19 heavy (non-hydrogen) atoms. The number of hydrogen-bond acceptors (Lipinski definition) is 3. The molecule has 0 amide bonds. The zero-order valence-electron chi connectivity index (χ0n) is 10.9. The van der Waals surface area contributed by atoms with E-state index in [2.05, 4.69) is 0 Å². The van der Waals surface area contributed by atoms with Crippen LogP contribution < -0.4 is 5.73 Å². The van der Waals surface area contributed by atoms with Gasteiger partial charge in [-0.3, -0.25) is 0 Å². The van der Waals surface area contributed by atoms with Crippen molar-refractivity contribution < 1.29 is 8.42 Å². The lowest BCUT2D eigenvalue weighted by Crippen LogP contribution is -2.24. The number of benzene rings is 1. The van der Waals surface area contributed by atoms with E-state index in [0.717, 1.165) is 12.1 Å². The first-order valence-electron chi connectivity index (χ1n) is 6.28. The van der Waals surface area contributed by atoms with Crippen molar-refractivity contribution in [3.05, 3.63) is 54.4 Å². The maximum atomic E-state index is 12.5. The average molecular weight is 278 g/mol. The first-order valence-corrected chi connectivity index (χ1v) is 7.72. The summed E-state index contributed by atoms with van der Waals surface area (Å²) >= 11 is 0. The van der Waals surface area contributed by atoms with Gasteiger partial charge in [-0.25, -0.2) is 12.4 Å². The van der Waals surface area contributed by atoms with Crippen molar-refractivity contribution in [2.75, 3.05) is 0 Å². The molecule has 2 rings (SSSR count). The Bertz CT molecular complexity index is 632. The van der Waals surface area contributed by atoms with Gasteiger partial charge in [-0.1, -0.05) is 25.1 Å². The molecule has 0 aliphatic heterocycles. The van der Waals surface area contributed by atoms with E-state index in [4.69, 9.17) is 5.73 Å². The second-order valence-corrected chi connectivity index (χ2v) is 6.30. The van der Waals surface area contributed by atoms with Crippen LogP contribution in [0.15, 0.2) is 53.6 Å². The number of nitrogens with two attached hydrogens (primary N) is 1. The van der Waals surface area contributed by atoms with Crippen molar-refractivity contribution in [2.45, 2.75) is 30.7 Å². The first kappa shape index (κ1) is 13.8. The van der Waals surface area contributed by atoms with E-state index in [1.54, 1.807) is 48.7 Å². The minimum absolute atomic E-state index is 0.0281. The highest BCUT2D eigenvalue weighted by Crippen LogP contribution is 2.17. The van der Waals surface area contributed by atoms with Crippen LogP contribution in [-0.4, -0.2) is 18.4 Å². The standard InChI is InChI=1S/C14H18N2O2S/c1-2-12(15)11-13-7-6-10-16(13)19(17,18)14-8-4-3-5-9-14/h3-10,12H,2,11,15H2,1H3. The molecule has 1 aromatic carbocycles.